The lowest BCUT2D eigenvalue weighted by molar-refractivity contribution is 0.0923. The van der Waals surface area contributed by atoms with Crippen LogP contribution in [0.3, 0.4) is 0 Å². The van der Waals surface area contributed by atoms with Gasteiger partial charge in [-0.15, -0.1) is 11.3 Å². The van der Waals surface area contributed by atoms with Crippen molar-refractivity contribution in [2.45, 2.75) is 56.9 Å². The Morgan fingerprint density at radius 3 is 2.85 bits per heavy atom. The molecule has 20 heavy (non-hydrogen) atoms. The lowest BCUT2D eigenvalue weighted by Gasteiger charge is -2.22. The third-order valence-electron chi connectivity index (χ3n) is 4.34. The van der Waals surface area contributed by atoms with Gasteiger partial charge in [0.2, 0.25) is 0 Å². The van der Waals surface area contributed by atoms with Crippen LogP contribution in [-0.2, 0) is 0 Å². The molecule has 3 rings (SSSR count). The van der Waals surface area contributed by atoms with E-state index < -0.39 is 0 Å². The maximum absolute atomic E-state index is 12.2. The summed E-state index contributed by atoms with van der Waals surface area (Å²) in [4.78, 5) is 16.8. The minimum absolute atomic E-state index is 0.0168. The molecular formula is C15H23N3OS. The van der Waals surface area contributed by atoms with E-state index in [-0.39, 0.29) is 5.91 Å². The molecule has 0 spiro atoms. The number of hydrogen-bond acceptors (Lipinski definition) is 4. The standard InChI is InChI=1S/C15H23N3OS/c19-14(17-12-6-2-1-3-7-12)13-10-20-15(18-13)11-5-4-8-16-9-11/h10-12,16H,1-9H2,(H,17,19). The molecule has 2 fully saturated rings. The minimum Gasteiger partial charge on any atom is -0.348 e. The van der Waals surface area contributed by atoms with Crippen LogP contribution >= 0.6 is 11.3 Å². The zero-order valence-electron chi connectivity index (χ0n) is 11.9. The van der Waals surface area contributed by atoms with Crippen molar-refractivity contribution in [1.29, 1.82) is 0 Å². The molecule has 2 N–H and O–H groups in total. The van der Waals surface area contributed by atoms with Crippen LogP contribution in [0, 0.1) is 0 Å². The number of hydrogen-bond donors (Lipinski definition) is 2. The van der Waals surface area contributed by atoms with E-state index in [1.807, 2.05) is 5.38 Å². The summed E-state index contributed by atoms with van der Waals surface area (Å²) in [6, 6.07) is 0.359. The number of piperidine rings is 1. The number of rotatable bonds is 3. The number of amides is 1. The summed E-state index contributed by atoms with van der Waals surface area (Å²) in [5, 5.41) is 9.58. The van der Waals surface area contributed by atoms with Gasteiger partial charge in [-0.1, -0.05) is 19.3 Å². The van der Waals surface area contributed by atoms with Gasteiger partial charge in [-0.05, 0) is 32.2 Å². The van der Waals surface area contributed by atoms with Crippen LogP contribution in [0.15, 0.2) is 5.38 Å². The third kappa shape index (κ3) is 3.38. The summed E-state index contributed by atoms with van der Waals surface area (Å²) < 4.78 is 0. The molecule has 2 aliphatic rings. The fourth-order valence-corrected chi connectivity index (χ4v) is 4.09. The molecule has 4 nitrogen and oxygen atoms in total. The van der Waals surface area contributed by atoms with Crippen LogP contribution in [0.5, 0.6) is 0 Å². The Labute approximate surface area is 124 Å². The monoisotopic (exact) mass is 293 g/mol. The van der Waals surface area contributed by atoms with Crippen molar-refractivity contribution in [3.8, 4) is 0 Å². The summed E-state index contributed by atoms with van der Waals surface area (Å²) in [6.45, 7) is 2.11. The van der Waals surface area contributed by atoms with Gasteiger partial charge in [0.05, 0.1) is 5.01 Å². The second-order valence-corrected chi connectivity index (χ2v) is 6.81. The first kappa shape index (κ1) is 14.0. The van der Waals surface area contributed by atoms with Crippen LogP contribution in [0.1, 0.15) is 66.4 Å². The topological polar surface area (TPSA) is 54.0 Å². The van der Waals surface area contributed by atoms with Crippen molar-refractivity contribution >= 4 is 17.2 Å². The molecular weight excluding hydrogens is 270 g/mol. The van der Waals surface area contributed by atoms with Gasteiger partial charge in [0.1, 0.15) is 5.69 Å². The molecule has 110 valence electrons. The van der Waals surface area contributed by atoms with Crippen LogP contribution in [0.4, 0.5) is 0 Å². The second kappa shape index (κ2) is 6.68. The summed E-state index contributed by atoms with van der Waals surface area (Å²) in [7, 11) is 0. The van der Waals surface area contributed by atoms with Crippen LogP contribution in [0.2, 0.25) is 0 Å². The molecule has 1 atom stereocenters. The van der Waals surface area contributed by atoms with Gasteiger partial charge in [0.25, 0.3) is 5.91 Å². The largest absolute Gasteiger partial charge is 0.348 e. The SMILES string of the molecule is O=C(NC1CCCCC1)c1csc(C2CCCNC2)n1. The quantitative estimate of drug-likeness (QED) is 0.901. The second-order valence-electron chi connectivity index (χ2n) is 5.92. The Balaban J connectivity index is 1.58. The fraction of sp³-hybridized carbons (Fsp3) is 0.733. The Hall–Kier alpha value is -0.940. The van der Waals surface area contributed by atoms with E-state index in [1.165, 1.54) is 32.1 Å². The fourth-order valence-electron chi connectivity index (χ4n) is 3.15. The first-order chi connectivity index (χ1) is 9.83. The van der Waals surface area contributed by atoms with Gasteiger partial charge < -0.3 is 10.6 Å². The molecule has 1 unspecified atom stereocenters. The molecule has 5 heteroatoms. The van der Waals surface area contributed by atoms with Crippen molar-refractivity contribution in [2.75, 3.05) is 13.1 Å². The number of carbonyl (C=O) groups is 1. The predicted molar refractivity (Wildman–Crippen MR) is 81.3 cm³/mol. The van der Waals surface area contributed by atoms with E-state index in [1.54, 1.807) is 11.3 Å². The molecule has 0 aromatic carbocycles. The van der Waals surface area contributed by atoms with Gasteiger partial charge >= 0.3 is 0 Å². The molecule has 0 bridgehead atoms. The van der Waals surface area contributed by atoms with Gasteiger partial charge in [0.15, 0.2) is 0 Å². The normalized spacial score (nSPS) is 24.5. The minimum atomic E-state index is 0.0168. The average Bonchev–Trinajstić information content (AvgIpc) is 2.99. The van der Waals surface area contributed by atoms with Crippen LogP contribution in [-0.4, -0.2) is 30.0 Å². The summed E-state index contributed by atoms with van der Waals surface area (Å²) in [6.07, 6.45) is 8.41. The summed E-state index contributed by atoms with van der Waals surface area (Å²) in [5.41, 5.74) is 0.612. The maximum atomic E-state index is 12.2. The predicted octanol–water partition coefficient (Wildman–Crippen LogP) is 2.67. The van der Waals surface area contributed by atoms with E-state index in [0.29, 0.717) is 17.7 Å². The number of carbonyl (C=O) groups excluding carboxylic acids is 1. The number of nitrogens with one attached hydrogen (secondary N) is 2. The Morgan fingerprint density at radius 2 is 2.10 bits per heavy atom. The molecule has 1 saturated carbocycles. The lowest BCUT2D eigenvalue weighted by atomic mass is 9.95. The molecule has 1 aliphatic carbocycles. The average molecular weight is 293 g/mol. The zero-order valence-corrected chi connectivity index (χ0v) is 12.7. The third-order valence-corrected chi connectivity index (χ3v) is 5.35. The van der Waals surface area contributed by atoms with Crippen molar-refractivity contribution in [2.24, 2.45) is 0 Å². The molecule has 1 amide bonds. The lowest BCUT2D eigenvalue weighted by Crippen LogP contribution is -2.36. The highest BCUT2D eigenvalue weighted by Crippen LogP contribution is 2.26. The Morgan fingerprint density at radius 1 is 1.25 bits per heavy atom. The number of thiazole rings is 1. The number of aromatic nitrogens is 1. The number of nitrogens with zero attached hydrogens (tertiary/aromatic N) is 1. The van der Waals surface area contributed by atoms with E-state index in [9.17, 15) is 4.79 Å². The Bertz CT molecular complexity index is 448. The first-order valence-corrected chi connectivity index (χ1v) is 8.68. The molecule has 2 heterocycles. The summed E-state index contributed by atoms with van der Waals surface area (Å²) in [5.74, 6) is 0.508. The molecule has 1 aromatic heterocycles. The highest BCUT2D eigenvalue weighted by atomic mass is 32.1. The van der Waals surface area contributed by atoms with Crippen LogP contribution < -0.4 is 10.6 Å². The van der Waals surface area contributed by atoms with Crippen molar-refractivity contribution < 1.29 is 4.79 Å². The van der Waals surface area contributed by atoms with Crippen molar-refractivity contribution in [1.82, 2.24) is 15.6 Å². The van der Waals surface area contributed by atoms with Gasteiger partial charge in [0, 0.05) is 23.9 Å². The van der Waals surface area contributed by atoms with Crippen LogP contribution in [0.25, 0.3) is 0 Å². The van der Waals surface area contributed by atoms with Gasteiger partial charge in [-0.3, -0.25) is 4.79 Å². The smallest absolute Gasteiger partial charge is 0.270 e. The van der Waals surface area contributed by atoms with Crippen molar-refractivity contribution in [3.63, 3.8) is 0 Å². The van der Waals surface area contributed by atoms with Gasteiger partial charge in [-0.25, -0.2) is 4.98 Å². The Kier molecular flexibility index (Phi) is 4.68. The summed E-state index contributed by atoms with van der Waals surface area (Å²) >= 11 is 1.63. The molecule has 0 radical (unpaired) electrons. The molecule has 1 saturated heterocycles. The van der Waals surface area contributed by atoms with Crippen molar-refractivity contribution in [3.05, 3.63) is 16.1 Å². The van der Waals surface area contributed by atoms with E-state index >= 15 is 0 Å². The molecule has 1 aromatic rings. The maximum Gasteiger partial charge on any atom is 0.270 e. The molecule has 1 aliphatic heterocycles. The van der Waals surface area contributed by atoms with E-state index in [0.717, 1.165) is 30.9 Å². The highest BCUT2D eigenvalue weighted by Gasteiger charge is 2.22. The first-order valence-electron chi connectivity index (χ1n) is 7.80. The van der Waals surface area contributed by atoms with E-state index in [4.69, 9.17) is 0 Å². The van der Waals surface area contributed by atoms with E-state index in [2.05, 4.69) is 15.6 Å². The zero-order chi connectivity index (χ0) is 13.8. The highest BCUT2D eigenvalue weighted by molar-refractivity contribution is 7.09. The van der Waals surface area contributed by atoms with Gasteiger partial charge in [-0.2, -0.15) is 0 Å².